The van der Waals surface area contributed by atoms with Crippen LogP contribution in [0.1, 0.15) is 32.7 Å². The maximum Gasteiger partial charge on any atom is 0.152 e. The van der Waals surface area contributed by atoms with Crippen LogP contribution in [-0.4, -0.2) is 11.3 Å². The molecule has 4 nitrogen and oxygen atoms in total. The lowest BCUT2D eigenvalue weighted by Crippen LogP contribution is -2.04. The third kappa shape index (κ3) is 2.67. The van der Waals surface area contributed by atoms with E-state index in [1.54, 1.807) is 6.07 Å². The summed E-state index contributed by atoms with van der Waals surface area (Å²) in [6.07, 6.45) is 2.30. The molecule has 2 aromatic rings. The molecule has 0 saturated heterocycles. The van der Waals surface area contributed by atoms with Gasteiger partial charge >= 0.3 is 0 Å². The minimum absolute atomic E-state index is 0.273. The molecule has 100 valence electrons. The summed E-state index contributed by atoms with van der Waals surface area (Å²) in [5, 5.41) is 9.04. The summed E-state index contributed by atoms with van der Waals surface area (Å²) in [5.74, 6) is 0.599. The highest BCUT2D eigenvalue weighted by molar-refractivity contribution is 5.78. The van der Waals surface area contributed by atoms with E-state index < -0.39 is 0 Å². The van der Waals surface area contributed by atoms with Crippen LogP contribution in [0.5, 0.6) is 5.75 Å². The summed E-state index contributed by atoms with van der Waals surface area (Å²) in [4.78, 5) is 15.1. The minimum atomic E-state index is 0.273. The van der Waals surface area contributed by atoms with E-state index in [2.05, 4.69) is 11.1 Å². The quantitative estimate of drug-likeness (QED) is 0.798. The van der Waals surface area contributed by atoms with Crippen molar-refractivity contribution in [3.05, 3.63) is 58.4 Å². The maximum atomic E-state index is 10.9. The SMILES string of the molecule is Cc1ncc(C=O)c(C)c1OCc1ccccc1C#N. The van der Waals surface area contributed by atoms with Gasteiger partial charge in [0.05, 0.1) is 17.3 Å². The Balaban J connectivity index is 2.28. The van der Waals surface area contributed by atoms with Crippen LogP contribution in [0, 0.1) is 25.2 Å². The standard InChI is InChI=1S/C16H14N2O2/c1-11-15(9-19)8-18-12(2)16(11)20-10-14-6-4-3-5-13(14)7-17/h3-6,8-9H,10H2,1-2H3. The normalized spacial score (nSPS) is 9.85. The average Bonchev–Trinajstić information content (AvgIpc) is 2.47. The second-order valence-corrected chi connectivity index (χ2v) is 4.43. The number of nitriles is 1. The van der Waals surface area contributed by atoms with E-state index in [-0.39, 0.29) is 6.61 Å². The van der Waals surface area contributed by atoms with E-state index in [1.807, 2.05) is 32.0 Å². The van der Waals surface area contributed by atoms with Gasteiger partial charge in [-0.1, -0.05) is 18.2 Å². The summed E-state index contributed by atoms with van der Waals surface area (Å²) in [6.45, 7) is 3.92. The highest BCUT2D eigenvalue weighted by Gasteiger charge is 2.11. The second-order valence-electron chi connectivity index (χ2n) is 4.43. The Hall–Kier alpha value is -2.67. The van der Waals surface area contributed by atoms with Gasteiger partial charge < -0.3 is 4.74 Å². The number of pyridine rings is 1. The molecule has 0 aliphatic heterocycles. The van der Waals surface area contributed by atoms with Gasteiger partial charge in [0, 0.05) is 22.9 Å². The van der Waals surface area contributed by atoms with Crippen molar-refractivity contribution >= 4 is 6.29 Å². The van der Waals surface area contributed by atoms with E-state index >= 15 is 0 Å². The molecule has 0 N–H and O–H groups in total. The lowest BCUT2D eigenvalue weighted by atomic mass is 10.1. The number of carbonyl (C=O) groups excluding carboxylic acids is 1. The molecule has 1 aromatic heterocycles. The van der Waals surface area contributed by atoms with Crippen LogP contribution in [0.3, 0.4) is 0 Å². The second kappa shape index (κ2) is 5.98. The predicted molar refractivity (Wildman–Crippen MR) is 74.6 cm³/mol. The zero-order valence-corrected chi connectivity index (χ0v) is 11.4. The number of nitrogens with zero attached hydrogens (tertiary/aromatic N) is 2. The first-order valence-electron chi connectivity index (χ1n) is 6.19. The summed E-state index contributed by atoms with van der Waals surface area (Å²) in [7, 11) is 0. The third-order valence-corrected chi connectivity index (χ3v) is 3.14. The molecule has 0 radical (unpaired) electrons. The van der Waals surface area contributed by atoms with Gasteiger partial charge in [0.1, 0.15) is 12.4 Å². The van der Waals surface area contributed by atoms with Gasteiger partial charge in [-0.25, -0.2) is 0 Å². The molecule has 1 heterocycles. The van der Waals surface area contributed by atoms with E-state index in [0.717, 1.165) is 23.1 Å². The molecule has 0 aliphatic rings. The summed E-state index contributed by atoms with van der Waals surface area (Å²) in [5.41, 5.74) is 3.40. The molecular formula is C16H14N2O2. The Bertz CT molecular complexity index is 687. The first-order chi connectivity index (χ1) is 9.67. The lowest BCUT2D eigenvalue weighted by molar-refractivity contribution is 0.112. The lowest BCUT2D eigenvalue weighted by Gasteiger charge is -2.13. The molecule has 4 heteroatoms. The van der Waals surface area contributed by atoms with Gasteiger partial charge in [0.15, 0.2) is 6.29 Å². The molecule has 0 aliphatic carbocycles. The molecule has 20 heavy (non-hydrogen) atoms. The molecule has 0 spiro atoms. The highest BCUT2D eigenvalue weighted by atomic mass is 16.5. The largest absolute Gasteiger partial charge is 0.487 e. The van der Waals surface area contributed by atoms with Crippen molar-refractivity contribution in [3.63, 3.8) is 0 Å². The van der Waals surface area contributed by atoms with E-state index in [9.17, 15) is 4.79 Å². The number of hydrogen-bond donors (Lipinski definition) is 0. The number of hydrogen-bond acceptors (Lipinski definition) is 4. The van der Waals surface area contributed by atoms with Crippen molar-refractivity contribution in [2.75, 3.05) is 0 Å². The Morgan fingerprint density at radius 3 is 2.80 bits per heavy atom. The van der Waals surface area contributed by atoms with Crippen molar-refractivity contribution in [3.8, 4) is 11.8 Å². The molecule has 0 fully saturated rings. The minimum Gasteiger partial charge on any atom is -0.487 e. The molecule has 2 rings (SSSR count). The molecule has 1 aromatic carbocycles. The van der Waals surface area contributed by atoms with Crippen molar-refractivity contribution in [1.29, 1.82) is 5.26 Å². The zero-order chi connectivity index (χ0) is 14.5. The van der Waals surface area contributed by atoms with E-state index in [1.165, 1.54) is 6.20 Å². The van der Waals surface area contributed by atoms with Crippen molar-refractivity contribution in [1.82, 2.24) is 4.98 Å². The Morgan fingerprint density at radius 1 is 1.35 bits per heavy atom. The van der Waals surface area contributed by atoms with Crippen molar-refractivity contribution in [2.24, 2.45) is 0 Å². The number of aromatic nitrogens is 1. The zero-order valence-electron chi connectivity index (χ0n) is 11.4. The van der Waals surface area contributed by atoms with Crippen LogP contribution >= 0.6 is 0 Å². The monoisotopic (exact) mass is 266 g/mol. The fraction of sp³-hybridized carbons (Fsp3) is 0.188. The van der Waals surface area contributed by atoms with Gasteiger partial charge in [-0.3, -0.25) is 9.78 Å². The number of benzene rings is 1. The molecule has 0 saturated carbocycles. The van der Waals surface area contributed by atoms with Gasteiger partial charge in [0.2, 0.25) is 0 Å². The number of aldehydes is 1. The fourth-order valence-corrected chi connectivity index (χ4v) is 1.96. The maximum absolute atomic E-state index is 10.9. The van der Waals surface area contributed by atoms with Crippen LogP contribution in [0.15, 0.2) is 30.5 Å². The predicted octanol–water partition coefficient (Wildman–Crippen LogP) is 2.96. The van der Waals surface area contributed by atoms with Crippen molar-refractivity contribution in [2.45, 2.75) is 20.5 Å². The van der Waals surface area contributed by atoms with Crippen LogP contribution in [-0.2, 0) is 6.61 Å². The summed E-state index contributed by atoms with van der Waals surface area (Å²) < 4.78 is 5.77. The van der Waals surface area contributed by atoms with Crippen LogP contribution in [0.25, 0.3) is 0 Å². The van der Waals surface area contributed by atoms with Crippen molar-refractivity contribution < 1.29 is 9.53 Å². The topological polar surface area (TPSA) is 63.0 Å². The van der Waals surface area contributed by atoms with Gasteiger partial charge in [0.25, 0.3) is 0 Å². The van der Waals surface area contributed by atoms with Crippen LogP contribution in [0.2, 0.25) is 0 Å². The molecule has 0 amide bonds. The average molecular weight is 266 g/mol. The number of carbonyl (C=O) groups is 1. The molecular weight excluding hydrogens is 252 g/mol. The summed E-state index contributed by atoms with van der Waals surface area (Å²) >= 11 is 0. The summed E-state index contributed by atoms with van der Waals surface area (Å²) in [6, 6.07) is 9.40. The van der Waals surface area contributed by atoms with Gasteiger partial charge in [-0.15, -0.1) is 0 Å². The van der Waals surface area contributed by atoms with E-state index in [4.69, 9.17) is 10.00 Å². The van der Waals surface area contributed by atoms with Gasteiger partial charge in [-0.05, 0) is 19.9 Å². The van der Waals surface area contributed by atoms with Gasteiger partial charge in [-0.2, -0.15) is 5.26 Å². The molecule has 0 unspecified atom stereocenters. The highest BCUT2D eigenvalue weighted by Crippen LogP contribution is 2.24. The number of rotatable bonds is 4. The first-order valence-corrected chi connectivity index (χ1v) is 6.19. The number of ether oxygens (including phenoxy) is 1. The first kappa shape index (κ1) is 13.8. The Kier molecular flexibility index (Phi) is 4.11. The third-order valence-electron chi connectivity index (χ3n) is 3.14. The Labute approximate surface area is 117 Å². The van der Waals surface area contributed by atoms with E-state index in [0.29, 0.717) is 16.9 Å². The van der Waals surface area contributed by atoms with Crippen LogP contribution in [0.4, 0.5) is 0 Å². The number of aryl methyl sites for hydroxylation is 1. The fourth-order valence-electron chi connectivity index (χ4n) is 1.96. The molecule has 0 atom stereocenters. The Morgan fingerprint density at radius 2 is 2.10 bits per heavy atom. The molecule has 0 bridgehead atoms. The smallest absolute Gasteiger partial charge is 0.152 e. The van der Waals surface area contributed by atoms with Crippen LogP contribution < -0.4 is 4.74 Å².